The van der Waals surface area contributed by atoms with Gasteiger partial charge in [-0.15, -0.1) is 0 Å². The summed E-state index contributed by atoms with van der Waals surface area (Å²) < 4.78 is 42.5. The molecule has 2 aliphatic carbocycles. The molecule has 0 aromatic heterocycles. The van der Waals surface area contributed by atoms with Crippen LogP contribution in [-0.4, -0.2) is 159 Å². The number of likely N-dealkylation sites (N-methyl/N-ethyl adjacent to an activating group) is 1. The van der Waals surface area contributed by atoms with Crippen LogP contribution in [0.5, 0.6) is 17.2 Å². The van der Waals surface area contributed by atoms with Crippen molar-refractivity contribution in [2.45, 2.75) is 151 Å². The quantitative estimate of drug-likeness (QED) is 0.119. The molecule has 3 saturated heterocycles. The summed E-state index contributed by atoms with van der Waals surface area (Å²) in [4.78, 5) is 43.2. The van der Waals surface area contributed by atoms with Gasteiger partial charge in [0.05, 0.1) is 66.0 Å². The van der Waals surface area contributed by atoms with E-state index < -0.39 is 137 Å². The first-order valence-electron chi connectivity index (χ1n) is 20.3. The summed E-state index contributed by atoms with van der Waals surface area (Å²) in [6.45, 7) is 6.77. The molecule has 5 aliphatic rings. The second-order valence-electron chi connectivity index (χ2n) is 16.8. The fraction of sp³-hybridized carbons (Fsp3) is 0.643. The highest BCUT2D eigenvalue weighted by Crippen LogP contribution is 2.54. The highest BCUT2D eigenvalue weighted by atomic mass is 16.7. The molecule has 18 heteroatoms. The standard InChI is InChI=1S/C42H55NO17/c1-8-42(53)15-26(30-19(34(42)41(52)54-7)11-20-31(37(30)50)38(51)33-23(45)10-9-22(44)32(33)36(20)49)58-27-12-21(43(5)6)39(17(3)56-27)59-29-14-25(47)40(18(4)57-29)60-28-13-24(46)35(48)16(2)55-28/h9-11,16-18,21,24-29,34-35,39-40,44-48,50,53H,8,12-15H2,1-7H3/t16-,17-,18-,21-,24-,25-,26-,27-,28-,29-,34-,35+,39+,40+,42+/m0/s1. The van der Waals surface area contributed by atoms with Crippen LogP contribution in [0.3, 0.4) is 0 Å². The molecule has 7 rings (SSSR count). The SMILES string of the molecule is CC[C@@]1(O)C[C@H](O[C@H]2C[C@H](N(C)C)[C@H](O[C@H]3C[C@H](O)[C@H](O[C@H]4C[C@H](O)[C@H](O)[C@H](C)O4)[C@H](C)O3)[C@H](C)O2)c2c(cc3c(c2O)C(=O)c2c(O)ccc(O)c2C3=O)[C@H]1C(=O)OC. The number of fused-ring (bicyclic) bond motifs is 3. The number of rotatable bonds is 9. The predicted molar refractivity (Wildman–Crippen MR) is 205 cm³/mol. The lowest BCUT2D eigenvalue weighted by Gasteiger charge is -2.48. The molecular formula is C42H55NO17. The Morgan fingerprint density at radius 2 is 1.35 bits per heavy atom. The first-order chi connectivity index (χ1) is 28.3. The van der Waals surface area contributed by atoms with E-state index in [4.69, 9.17) is 33.2 Å². The van der Waals surface area contributed by atoms with Gasteiger partial charge in [-0.25, -0.2) is 0 Å². The van der Waals surface area contributed by atoms with Gasteiger partial charge in [0.2, 0.25) is 5.78 Å². The molecule has 330 valence electrons. The fourth-order valence-corrected chi connectivity index (χ4v) is 9.51. The summed E-state index contributed by atoms with van der Waals surface area (Å²) in [5.41, 5.74) is -3.64. The number of ether oxygens (including phenoxy) is 7. The van der Waals surface area contributed by atoms with E-state index in [2.05, 4.69) is 0 Å². The van der Waals surface area contributed by atoms with Gasteiger partial charge in [-0.2, -0.15) is 0 Å². The van der Waals surface area contributed by atoms with Gasteiger partial charge >= 0.3 is 5.97 Å². The molecule has 3 fully saturated rings. The van der Waals surface area contributed by atoms with E-state index in [-0.39, 0.29) is 54.8 Å². The van der Waals surface area contributed by atoms with Gasteiger partial charge in [-0.1, -0.05) is 6.92 Å². The van der Waals surface area contributed by atoms with Crippen LogP contribution in [0.2, 0.25) is 0 Å². The summed E-state index contributed by atoms with van der Waals surface area (Å²) in [7, 11) is 4.82. The molecule has 3 heterocycles. The number of aliphatic hydroxyl groups is 4. The average molecular weight is 846 g/mol. The Balaban J connectivity index is 1.14. The van der Waals surface area contributed by atoms with E-state index in [1.165, 1.54) is 6.07 Å². The topological polar surface area (TPSA) is 261 Å². The second kappa shape index (κ2) is 16.8. The van der Waals surface area contributed by atoms with Crippen LogP contribution in [0.25, 0.3) is 0 Å². The number of benzene rings is 2. The van der Waals surface area contributed by atoms with Gasteiger partial charge in [0.25, 0.3) is 0 Å². The Morgan fingerprint density at radius 1 is 0.800 bits per heavy atom. The lowest BCUT2D eigenvalue weighted by Crippen LogP contribution is -2.58. The molecule has 3 aliphatic heterocycles. The zero-order valence-electron chi connectivity index (χ0n) is 34.5. The Kier molecular flexibility index (Phi) is 12.4. The third kappa shape index (κ3) is 7.70. The number of carbonyl (C=O) groups excluding carboxylic acids is 3. The molecule has 7 N–H and O–H groups in total. The maximum Gasteiger partial charge on any atom is 0.316 e. The highest BCUT2D eigenvalue weighted by molar-refractivity contribution is 6.31. The van der Waals surface area contributed by atoms with Gasteiger partial charge in [-0.3, -0.25) is 14.4 Å². The lowest BCUT2D eigenvalue weighted by molar-refractivity contribution is -0.332. The maximum atomic E-state index is 14.0. The van der Waals surface area contributed by atoms with Gasteiger partial charge in [-0.05, 0) is 65.0 Å². The van der Waals surface area contributed by atoms with E-state index in [0.717, 1.165) is 19.2 Å². The van der Waals surface area contributed by atoms with Crippen molar-refractivity contribution < 1.29 is 83.3 Å². The summed E-state index contributed by atoms with van der Waals surface area (Å²) in [5.74, 6) is -5.94. The van der Waals surface area contributed by atoms with Crippen molar-refractivity contribution in [3.63, 3.8) is 0 Å². The van der Waals surface area contributed by atoms with Gasteiger partial charge < -0.3 is 73.8 Å². The maximum absolute atomic E-state index is 14.0. The van der Waals surface area contributed by atoms with Crippen molar-refractivity contribution in [2.24, 2.45) is 0 Å². The molecule has 0 bridgehead atoms. The van der Waals surface area contributed by atoms with Gasteiger partial charge in [0, 0.05) is 42.9 Å². The van der Waals surface area contributed by atoms with Crippen LogP contribution < -0.4 is 0 Å². The number of esters is 1. The lowest BCUT2D eigenvalue weighted by atomic mass is 9.67. The molecular weight excluding hydrogens is 790 g/mol. The zero-order chi connectivity index (χ0) is 43.7. The van der Waals surface area contributed by atoms with Crippen LogP contribution in [0.4, 0.5) is 0 Å². The van der Waals surface area contributed by atoms with E-state index in [0.29, 0.717) is 0 Å². The van der Waals surface area contributed by atoms with Crippen LogP contribution in [0.1, 0.15) is 115 Å². The molecule has 60 heavy (non-hydrogen) atoms. The third-order valence-electron chi connectivity index (χ3n) is 12.8. The number of methoxy groups -OCH3 is 1. The first-order valence-corrected chi connectivity index (χ1v) is 20.3. The molecule has 0 radical (unpaired) electrons. The molecule has 2 aromatic rings. The molecule has 0 amide bonds. The monoisotopic (exact) mass is 845 g/mol. The average Bonchev–Trinajstić information content (AvgIpc) is 3.18. The van der Waals surface area contributed by atoms with Crippen LogP contribution in [0.15, 0.2) is 18.2 Å². The number of aliphatic hydroxyl groups excluding tert-OH is 3. The van der Waals surface area contributed by atoms with E-state index in [9.17, 15) is 50.1 Å². The van der Waals surface area contributed by atoms with Gasteiger partial charge in [0.15, 0.2) is 24.7 Å². The van der Waals surface area contributed by atoms with Crippen molar-refractivity contribution in [1.82, 2.24) is 4.90 Å². The number of phenolic OH excluding ortho intramolecular Hbond substituents is 3. The normalized spacial score (nSPS) is 37.9. The number of ketones is 2. The number of phenols is 3. The van der Waals surface area contributed by atoms with Crippen LogP contribution in [0, 0.1) is 0 Å². The summed E-state index contributed by atoms with van der Waals surface area (Å²) >= 11 is 0. The molecule has 0 unspecified atom stereocenters. The number of hydrogen-bond donors (Lipinski definition) is 7. The number of nitrogens with zero attached hydrogens (tertiary/aromatic N) is 1. The highest BCUT2D eigenvalue weighted by Gasteiger charge is 2.54. The number of hydrogen-bond acceptors (Lipinski definition) is 18. The first kappa shape index (κ1) is 44.3. The Labute approximate surface area is 346 Å². The van der Waals surface area contributed by atoms with E-state index in [1.807, 2.05) is 19.0 Å². The number of aromatic hydroxyl groups is 3. The van der Waals surface area contributed by atoms with Crippen molar-refractivity contribution in [1.29, 1.82) is 0 Å². The second-order valence-corrected chi connectivity index (χ2v) is 16.8. The minimum atomic E-state index is -1.82. The predicted octanol–water partition coefficient (Wildman–Crippen LogP) is 1.63. The Morgan fingerprint density at radius 3 is 1.92 bits per heavy atom. The number of carbonyl (C=O) groups is 3. The minimum Gasteiger partial charge on any atom is -0.507 e. The molecule has 0 saturated carbocycles. The van der Waals surface area contributed by atoms with Crippen LogP contribution in [-0.2, 0) is 38.0 Å². The summed E-state index contributed by atoms with van der Waals surface area (Å²) in [6.07, 6.45) is -10.5. The molecule has 0 spiro atoms. The van der Waals surface area contributed by atoms with Crippen molar-refractivity contribution >= 4 is 17.5 Å². The minimum absolute atomic E-state index is 0.0140. The summed E-state index contributed by atoms with van der Waals surface area (Å²) in [5, 5.41) is 76.8. The Bertz CT molecular complexity index is 1970. The molecule has 2 aromatic carbocycles. The van der Waals surface area contributed by atoms with Crippen molar-refractivity contribution in [3.8, 4) is 17.2 Å². The Hall–Kier alpha value is -3.79. The van der Waals surface area contributed by atoms with E-state index >= 15 is 0 Å². The van der Waals surface area contributed by atoms with Crippen molar-refractivity contribution in [2.75, 3.05) is 21.2 Å². The van der Waals surface area contributed by atoms with E-state index in [1.54, 1.807) is 27.7 Å². The van der Waals surface area contributed by atoms with Crippen LogP contribution >= 0.6 is 0 Å². The molecule has 18 nitrogen and oxygen atoms in total. The third-order valence-corrected chi connectivity index (χ3v) is 12.8. The zero-order valence-corrected chi connectivity index (χ0v) is 34.5. The van der Waals surface area contributed by atoms with Gasteiger partial charge in [0.1, 0.15) is 41.5 Å². The largest absolute Gasteiger partial charge is 0.507 e. The fourth-order valence-electron chi connectivity index (χ4n) is 9.51. The smallest absolute Gasteiger partial charge is 0.316 e. The molecule has 15 atom stereocenters. The summed E-state index contributed by atoms with van der Waals surface area (Å²) in [6, 6.07) is 2.97. The van der Waals surface area contributed by atoms with Crippen molar-refractivity contribution in [3.05, 3.63) is 51.6 Å².